The van der Waals surface area contributed by atoms with Gasteiger partial charge in [0.1, 0.15) is 0 Å². The molecular formula is C62H47N3. The SMILES string of the molecule is CC1(C)c2cccc3c2-n2c4c1cc(-c1ccc(N(c5ccccc5)c5ccccc5)cc1)cc4c1cc(N(c4ccc5ccccc5c4)c4ccc5ccccc5c4)cc(c12)C3(C)C. The number of aromatic nitrogens is 1. The molecule has 0 saturated carbocycles. The molecular weight excluding hydrogens is 787 g/mol. The first kappa shape index (κ1) is 37.7. The second kappa shape index (κ2) is 13.8. The van der Waals surface area contributed by atoms with E-state index in [9.17, 15) is 0 Å². The van der Waals surface area contributed by atoms with Crippen LogP contribution in [0.5, 0.6) is 0 Å². The Labute approximate surface area is 380 Å². The molecule has 10 aromatic carbocycles. The molecule has 3 nitrogen and oxygen atoms in total. The topological polar surface area (TPSA) is 11.4 Å². The van der Waals surface area contributed by atoms with Crippen LogP contribution in [0.3, 0.4) is 0 Å². The number of hydrogen-bond acceptors (Lipinski definition) is 2. The van der Waals surface area contributed by atoms with Crippen molar-refractivity contribution in [3.8, 4) is 16.8 Å². The number of benzene rings is 10. The van der Waals surface area contributed by atoms with E-state index in [2.05, 4.69) is 254 Å². The molecule has 0 atom stereocenters. The zero-order valence-electron chi connectivity index (χ0n) is 37.0. The van der Waals surface area contributed by atoms with Crippen LogP contribution >= 0.6 is 0 Å². The Balaban J connectivity index is 1.07. The first-order valence-electron chi connectivity index (χ1n) is 22.8. The number of nitrogens with zero attached hydrogens (tertiary/aromatic N) is 3. The predicted molar refractivity (Wildman–Crippen MR) is 275 cm³/mol. The molecule has 0 bridgehead atoms. The summed E-state index contributed by atoms with van der Waals surface area (Å²) in [5.41, 5.74) is 18.2. The fraction of sp³-hybridized carbons (Fsp3) is 0.0968. The molecule has 310 valence electrons. The third-order valence-corrected chi connectivity index (χ3v) is 14.6. The summed E-state index contributed by atoms with van der Waals surface area (Å²) in [7, 11) is 0. The molecule has 0 fully saturated rings. The molecule has 0 saturated heterocycles. The first-order valence-corrected chi connectivity index (χ1v) is 22.8. The normalized spacial score (nSPS) is 14.1. The van der Waals surface area contributed by atoms with Gasteiger partial charge in [-0.25, -0.2) is 0 Å². The van der Waals surface area contributed by atoms with E-state index in [4.69, 9.17) is 0 Å². The van der Waals surface area contributed by atoms with Crippen molar-refractivity contribution in [1.82, 2.24) is 4.57 Å². The fourth-order valence-corrected chi connectivity index (χ4v) is 11.3. The largest absolute Gasteiger partial charge is 0.311 e. The van der Waals surface area contributed by atoms with Crippen LogP contribution in [-0.2, 0) is 10.8 Å². The minimum Gasteiger partial charge on any atom is -0.311 e. The van der Waals surface area contributed by atoms with Crippen LogP contribution in [0, 0.1) is 0 Å². The molecule has 1 aromatic heterocycles. The average Bonchev–Trinajstić information content (AvgIpc) is 3.67. The zero-order valence-corrected chi connectivity index (χ0v) is 37.0. The molecule has 13 rings (SSSR count). The molecule has 3 heterocycles. The third kappa shape index (κ3) is 5.55. The summed E-state index contributed by atoms with van der Waals surface area (Å²) in [5, 5.41) is 7.49. The summed E-state index contributed by atoms with van der Waals surface area (Å²) in [6.07, 6.45) is 0. The highest BCUT2D eigenvalue weighted by Gasteiger charge is 2.44. The standard InChI is InChI=1S/C62H47N3/c1-61(2)54-24-15-25-55-60(54)65-58-52(36-45(37-56(58)61)42-26-30-48(31-27-42)63(46-20-7-5-8-21-46)47-22-9-6-10-23-47)53-38-51(39-57(59(53)65)62(55,3)4)64(49-32-28-40-16-11-13-18-43(40)34-49)50-33-29-41-17-12-14-19-44(41)35-50/h5-39H,1-4H3. The zero-order chi connectivity index (χ0) is 43.6. The van der Waals surface area contributed by atoms with Gasteiger partial charge in [0.2, 0.25) is 0 Å². The molecule has 0 spiro atoms. The molecule has 0 aliphatic carbocycles. The van der Waals surface area contributed by atoms with Crippen LogP contribution in [0.2, 0.25) is 0 Å². The van der Waals surface area contributed by atoms with E-state index in [0.717, 1.165) is 34.1 Å². The molecule has 0 N–H and O–H groups in total. The first-order chi connectivity index (χ1) is 31.7. The van der Waals surface area contributed by atoms with Gasteiger partial charge in [-0.15, -0.1) is 0 Å². The van der Waals surface area contributed by atoms with E-state index in [1.54, 1.807) is 0 Å². The van der Waals surface area contributed by atoms with Gasteiger partial charge in [-0.3, -0.25) is 0 Å². The predicted octanol–water partition coefficient (Wildman–Crippen LogP) is 17.0. The number of anilines is 6. The van der Waals surface area contributed by atoms with Gasteiger partial charge in [-0.05, 0) is 140 Å². The van der Waals surface area contributed by atoms with Crippen molar-refractivity contribution >= 4 is 77.5 Å². The monoisotopic (exact) mass is 833 g/mol. The fourth-order valence-electron chi connectivity index (χ4n) is 11.3. The van der Waals surface area contributed by atoms with Gasteiger partial charge in [-0.2, -0.15) is 0 Å². The molecule has 3 heteroatoms. The molecule has 2 aliphatic rings. The highest BCUT2D eigenvalue weighted by atomic mass is 15.1. The molecule has 65 heavy (non-hydrogen) atoms. The van der Waals surface area contributed by atoms with Crippen LogP contribution in [0.15, 0.2) is 212 Å². The van der Waals surface area contributed by atoms with Gasteiger partial charge in [0.05, 0.1) is 16.7 Å². The highest BCUT2D eigenvalue weighted by molar-refractivity contribution is 6.16. The highest BCUT2D eigenvalue weighted by Crippen LogP contribution is 2.57. The Kier molecular flexibility index (Phi) is 8.00. The van der Waals surface area contributed by atoms with E-state index in [0.29, 0.717) is 0 Å². The minimum atomic E-state index is -0.266. The van der Waals surface area contributed by atoms with E-state index in [1.807, 2.05) is 0 Å². The van der Waals surface area contributed by atoms with E-state index in [-0.39, 0.29) is 10.8 Å². The summed E-state index contributed by atoms with van der Waals surface area (Å²) < 4.78 is 2.64. The molecule has 0 unspecified atom stereocenters. The molecule has 0 amide bonds. The van der Waals surface area contributed by atoms with Crippen molar-refractivity contribution in [3.63, 3.8) is 0 Å². The second-order valence-electron chi connectivity index (χ2n) is 19.0. The van der Waals surface area contributed by atoms with Crippen LogP contribution in [0.4, 0.5) is 34.1 Å². The van der Waals surface area contributed by atoms with Gasteiger partial charge in [0.15, 0.2) is 0 Å². The number of hydrogen-bond donors (Lipinski definition) is 0. The Morgan fingerprint density at radius 1 is 0.308 bits per heavy atom. The van der Waals surface area contributed by atoms with Gasteiger partial charge >= 0.3 is 0 Å². The van der Waals surface area contributed by atoms with Crippen molar-refractivity contribution in [3.05, 3.63) is 235 Å². The lowest BCUT2D eigenvalue weighted by Crippen LogP contribution is -2.33. The summed E-state index contributed by atoms with van der Waals surface area (Å²) in [4.78, 5) is 4.82. The summed E-state index contributed by atoms with van der Waals surface area (Å²) in [6, 6.07) is 78.6. The van der Waals surface area contributed by atoms with Gasteiger partial charge < -0.3 is 14.4 Å². The van der Waals surface area contributed by atoms with E-state index in [1.165, 1.54) is 82.4 Å². The number of fused-ring (bicyclic) bond motifs is 3. The lowest BCUT2D eigenvalue weighted by atomic mass is 9.68. The maximum absolute atomic E-state index is 2.64. The van der Waals surface area contributed by atoms with Crippen molar-refractivity contribution in [1.29, 1.82) is 0 Å². The maximum Gasteiger partial charge on any atom is 0.0583 e. The average molecular weight is 834 g/mol. The summed E-state index contributed by atoms with van der Waals surface area (Å²) in [6.45, 7) is 9.72. The summed E-state index contributed by atoms with van der Waals surface area (Å²) in [5.74, 6) is 0. The van der Waals surface area contributed by atoms with E-state index >= 15 is 0 Å². The van der Waals surface area contributed by atoms with Crippen LogP contribution in [-0.4, -0.2) is 4.57 Å². The van der Waals surface area contributed by atoms with E-state index < -0.39 is 0 Å². The quantitative estimate of drug-likeness (QED) is 0.158. The Hall–Kier alpha value is -7.88. The third-order valence-electron chi connectivity index (χ3n) is 14.6. The van der Waals surface area contributed by atoms with Gasteiger partial charge in [-0.1, -0.05) is 155 Å². The maximum atomic E-state index is 2.64. The Bertz CT molecular complexity index is 3590. The summed E-state index contributed by atoms with van der Waals surface area (Å²) >= 11 is 0. The molecule has 11 aromatic rings. The lowest BCUT2D eigenvalue weighted by molar-refractivity contribution is 0.594. The van der Waals surface area contributed by atoms with Crippen LogP contribution < -0.4 is 9.80 Å². The Morgan fingerprint density at radius 2 is 0.754 bits per heavy atom. The van der Waals surface area contributed by atoms with Gasteiger partial charge in [0, 0.05) is 55.7 Å². The minimum absolute atomic E-state index is 0.236. The molecule has 2 aliphatic heterocycles. The lowest BCUT2D eigenvalue weighted by Gasteiger charge is -2.42. The second-order valence-corrected chi connectivity index (χ2v) is 19.0. The smallest absolute Gasteiger partial charge is 0.0583 e. The van der Waals surface area contributed by atoms with Gasteiger partial charge in [0.25, 0.3) is 0 Å². The molecule has 0 radical (unpaired) electrons. The Morgan fingerprint density at radius 3 is 1.31 bits per heavy atom. The van der Waals surface area contributed by atoms with Crippen molar-refractivity contribution in [2.24, 2.45) is 0 Å². The van der Waals surface area contributed by atoms with Crippen molar-refractivity contribution in [2.75, 3.05) is 9.80 Å². The van der Waals surface area contributed by atoms with Crippen LogP contribution in [0.1, 0.15) is 49.9 Å². The van der Waals surface area contributed by atoms with Crippen LogP contribution in [0.25, 0.3) is 60.2 Å². The number of para-hydroxylation sites is 3. The van der Waals surface area contributed by atoms with Crippen molar-refractivity contribution < 1.29 is 0 Å². The van der Waals surface area contributed by atoms with Crippen molar-refractivity contribution in [2.45, 2.75) is 38.5 Å². The number of rotatable bonds is 7.